The van der Waals surface area contributed by atoms with Gasteiger partial charge in [-0.05, 0) is 12.8 Å². The molecule has 18 heavy (non-hydrogen) atoms. The molecule has 0 unspecified atom stereocenters. The van der Waals surface area contributed by atoms with Crippen LogP contribution in [0, 0.1) is 0 Å². The van der Waals surface area contributed by atoms with Crippen molar-refractivity contribution in [3.8, 4) is 0 Å². The number of nitrogens with zero attached hydrogens (tertiary/aromatic N) is 1. The second-order valence-corrected chi connectivity index (χ2v) is 4.33. The maximum atomic E-state index is 12.3. The summed E-state index contributed by atoms with van der Waals surface area (Å²) in [6.45, 7) is -1.80. The van der Waals surface area contributed by atoms with E-state index in [-0.39, 0.29) is 32.6 Å². The van der Waals surface area contributed by atoms with Gasteiger partial charge in [-0.2, -0.15) is 13.2 Å². The number of alkyl halides is 3. The minimum atomic E-state index is -4.51. The highest BCUT2D eigenvalue weighted by atomic mass is 19.4. The van der Waals surface area contributed by atoms with Crippen LogP contribution in [-0.4, -0.2) is 60.5 Å². The largest absolute Gasteiger partial charge is 0.406 e. The molecular weight excluding hydrogens is 253 g/mol. The number of rotatable bonds is 4. The molecule has 1 aliphatic rings. The van der Waals surface area contributed by atoms with Gasteiger partial charge < -0.3 is 20.5 Å². The number of halogens is 3. The van der Waals surface area contributed by atoms with Gasteiger partial charge in [0.15, 0.2) is 0 Å². The number of nitrogens with two attached hydrogens (primary N) is 1. The summed E-state index contributed by atoms with van der Waals surface area (Å²) in [6, 6.07) is 0. The van der Waals surface area contributed by atoms with E-state index in [4.69, 9.17) is 15.6 Å². The smallest absolute Gasteiger partial charge is 0.395 e. The Labute approximate surface area is 103 Å². The van der Waals surface area contributed by atoms with E-state index < -0.39 is 30.8 Å². The van der Waals surface area contributed by atoms with Crippen molar-refractivity contribution in [2.45, 2.75) is 24.6 Å². The molecule has 0 aromatic heterocycles. The molecule has 0 aromatic carbocycles. The van der Waals surface area contributed by atoms with Crippen molar-refractivity contribution in [1.29, 1.82) is 0 Å². The monoisotopic (exact) mass is 270 g/mol. The number of amides is 1. The third-order valence-electron chi connectivity index (χ3n) is 2.84. The van der Waals surface area contributed by atoms with Crippen LogP contribution in [0.4, 0.5) is 13.2 Å². The molecule has 1 amide bonds. The first-order valence-corrected chi connectivity index (χ1v) is 5.62. The highest BCUT2D eigenvalue weighted by Crippen LogP contribution is 2.23. The summed E-state index contributed by atoms with van der Waals surface area (Å²) < 4.78 is 42.1. The molecule has 0 aliphatic carbocycles. The third kappa shape index (κ3) is 4.11. The molecule has 8 heteroatoms. The first kappa shape index (κ1) is 15.2. The fraction of sp³-hybridized carbons (Fsp3) is 0.900. The van der Waals surface area contributed by atoms with Crippen molar-refractivity contribution in [1.82, 2.24) is 4.90 Å². The van der Waals surface area contributed by atoms with E-state index in [2.05, 4.69) is 0 Å². The van der Waals surface area contributed by atoms with Crippen LogP contribution in [-0.2, 0) is 9.53 Å². The van der Waals surface area contributed by atoms with Crippen LogP contribution < -0.4 is 5.73 Å². The molecule has 1 fully saturated rings. The molecule has 1 heterocycles. The molecular formula is C10H17F3N2O3. The summed E-state index contributed by atoms with van der Waals surface area (Å²) in [5.41, 5.74) is 4.51. The maximum Gasteiger partial charge on any atom is 0.406 e. The summed E-state index contributed by atoms with van der Waals surface area (Å²) >= 11 is 0. The molecule has 5 nitrogen and oxygen atoms in total. The molecule has 1 saturated heterocycles. The van der Waals surface area contributed by atoms with Crippen LogP contribution in [0.1, 0.15) is 12.8 Å². The van der Waals surface area contributed by atoms with Crippen LogP contribution in [0.15, 0.2) is 0 Å². The summed E-state index contributed by atoms with van der Waals surface area (Å²) in [5.74, 6) is -0.780. The van der Waals surface area contributed by atoms with E-state index in [1.165, 1.54) is 0 Å². The zero-order chi connectivity index (χ0) is 13.8. The van der Waals surface area contributed by atoms with Gasteiger partial charge in [0.25, 0.3) is 0 Å². The minimum absolute atomic E-state index is 0.186. The van der Waals surface area contributed by atoms with Gasteiger partial charge >= 0.3 is 6.18 Å². The van der Waals surface area contributed by atoms with E-state index in [1.807, 2.05) is 0 Å². The van der Waals surface area contributed by atoms with Crippen LogP contribution in [0.2, 0.25) is 0 Å². The summed E-state index contributed by atoms with van der Waals surface area (Å²) in [4.78, 5) is 12.6. The third-order valence-corrected chi connectivity index (χ3v) is 2.84. The van der Waals surface area contributed by atoms with E-state index in [0.717, 1.165) is 0 Å². The van der Waals surface area contributed by atoms with Crippen molar-refractivity contribution in [2.24, 2.45) is 5.73 Å². The lowest BCUT2D eigenvalue weighted by molar-refractivity contribution is -0.167. The van der Waals surface area contributed by atoms with Crippen LogP contribution in [0.3, 0.4) is 0 Å². The molecule has 0 radical (unpaired) electrons. The number of carbonyl (C=O) groups excluding carboxylic acids is 1. The number of aliphatic hydroxyl groups excluding tert-OH is 1. The SMILES string of the molecule is NC1(C(=O)N(CCO)CC(F)(F)F)CCOCC1. The molecule has 0 spiro atoms. The van der Waals surface area contributed by atoms with Gasteiger partial charge in [-0.3, -0.25) is 4.79 Å². The quantitative estimate of drug-likeness (QED) is 0.746. The fourth-order valence-electron chi connectivity index (χ4n) is 1.85. The van der Waals surface area contributed by atoms with Gasteiger partial charge in [0, 0.05) is 19.8 Å². The molecule has 3 N–H and O–H groups in total. The van der Waals surface area contributed by atoms with Gasteiger partial charge in [-0.15, -0.1) is 0 Å². The van der Waals surface area contributed by atoms with Crippen LogP contribution >= 0.6 is 0 Å². The number of carbonyl (C=O) groups is 1. The van der Waals surface area contributed by atoms with Crippen molar-refractivity contribution >= 4 is 5.91 Å². The zero-order valence-electron chi connectivity index (χ0n) is 9.87. The Bertz CT molecular complexity index is 291. The number of aliphatic hydroxyl groups is 1. The normalized spacial score (nSPS) is 19.6. The summed E-state index contributed by atoms with van der Waals surface area (Å²) in [6.07, 6.45) is -4.14. The first-order valence-electron chi connectivity index (χ1n) is 5.62. The van der Waals surface area contributed by atoms with Crippen molar-refractivity contribution in [3.63, 3.8) is 0 Å². The summed E-state index contributed by atoms with van der Waals surface area (Å²) in [5, 5.41) is 8.74. The molecule has 0 saturated carbocycles. The molecule has 106 valence electrons. The van der Waals surface area contributed by atoms with Crippen LogP contribution in [0.25, 0.3) is 0 Å². The minimum Gasteiger partial charge on any atom is -0.395 e. The van der Waals surface area contributed by atoms with E-state index in [0.29, 0.717) is 4.90 Å². The first-order chi connectivity index (χ1) is 8.28. The Morgan fingerprint density at radius 3 is 2.39 bits per heavy atom. The highest BCUT2D eigenvalue weighted by molar-refractivity contribution is 5.86. The van der Waals surface area contributed by atoms with Crippen molar-refractivity contribution in [2.75, 3.05) is 32.9 Å². The van der Waals surface area contributed by atoms with Gasteiger partial charge in [0.2, 0.25) is 5.91 Å². The average molecular weight is 270 g/mol. The molecule has 1 aliphatic heterocycles. The maximum absolute atomic E-state index is 12.3. The average Bonchev–Trinajstić information content (AvgIpc) is 2.27. The standard InChI is InChI=1S/C10H17F3N2O3/c11-10(12,13)7-15(3-4-16)8(17)9(14)1-5-18-6-2-9/h16H,1-7,14H2. The Hall–Kier alpha value is -0.860. The molecule has 0 atom stereocenters. The molecule has 0 aromatic rings. The van der Waals surface area contributed by atoms with Gasteiger partial charge in [0.1, 0.15) is 6.54 Å². The lowest BCUT2D eigenvalue weighted by atomic mass is 9.89. The van der Waals surface area contributed by atoms with Crippen LogP contribution in [0.5, 0.6) is 0 Å². The van der Waals surface area contributed by atoms with Crippen molar-refractivity contribution < 1.29 is 27.8 Å². The van der Waals surface area contributed by atoms with Gasteiger partial charge in [0.05, 0.1) is 12.1 Å². The predicted molar refractivity (Wildman–Crippen MR) is 56.7 cm³/mol. The highest BCUT2D eigenvalue weighted by Gasteiger charge is 2.42. The zero-order valence-corrected chi connectivity index (χ0v) is 9.87. The van der Waals surface area contributed by atoms with Gasteiger partial charge in [-0.25, -0.2) is 0 Å². The lowest BCUT2D eigenvalue weighted by Gasteiger charge is -2.36. The van der Waals surface area contributed by atoms with E-state index >= 15 is 0 Å². The lowest BCUT2D eigenvalue weighted by Crippen LogP contribution is -2.59. The van der Waals surface area contributed by atoms with Gasteiger partial charge in [-0.1, -0.05) is 0 Å². The molecule has 0 bridgehead atoms. The van der Waals surface area contributed by atoms with E-state index in [1.54, 1.807) is 0 Å². The number of hydrogen-bond donors (Lipinski definition) is 2. The number of ether oxygens (including phenoxy) is 1. The predicted octanol–water partition coefficient (Wildman–Crippen LogP) is -0.123. The Morgan fingerprint density at radius 2 is 1.94 bits per heavy atom. The van der Waals surface area contributed by atoms with Crippen molar-refractivity contribution in [3.05, 3.63) is 0 Å². The second kappa shape index (κ2) is 5.85. The Kier molecular flexibility index (Phi) is 4.94. The molecule has 1 rings (SSSR count). The fourth-order valence-corrected chi connectivity index (χ4v) is 1.85. The topological polar surface area (TPSA) is 75.8 Å². The number of hydrogen-bond acceptors (Lipinski definition) is 4. The Morgan fingerprint density at radius 1 is 1.39 bits per heavy atom. The van der Waals surface area contributed by atoms with E-state index in [9.17, 15) is 18.0 Å². The Balaban J connectivity index is 2.74. The summed E-state index contributed by atoms with van der Waals surface area (Å²) in [7, 11) is 0. The second-order valence-electron chi connectivity index (χ2n) is 4.33.